The van der Waals surface area contributed by atoms with Gasteiger partial charge in [-0.1, -0.05) is 6.07 Å². The van der Waals surface area contributed by atoms with E-state index in [1.165, 1.54) is 11.2 Å². The van der Waals surface area contributed by atoms with E-state index in [4.69, 9.17) is 4.42 Å². The molecular formula is C18H21N4O3+. The Labute approximate surface area is 145 Å². The van der Waals surface area contributed by atoms with Crippen molar-refractivity contribution in [2.75, 3.05) is 33.2 Å². The van der Waals surface area contributed by atoms with Gasteiger partial charge >= 0.3 is 0 Å². The molecule has 0 bridgehead atoms. The van der Waals surface area contributed by atoms with Crippen molar-refractivity contribution in [2.24, 2.45) is 0 Å². The predicted octanol–water partition coefficient (Wildman–Crippen LogP) is -0.198. The molecular weight excluding hydrogens is 320 g/mol. The van der Waals surface area contributed by atoms with E-state index in [9.17, 15) is 9.59 Å². The summed E-state index contributed by atoms with van der Waals surface area (Å²) in [6, 6.07) is 6.79. The second kappa shape index (κ2) is 7.76. The average molecular weight is 341 g/mol. The topological polar surface area (TPSA) is 79.9 Å². The zero-order valence-corrected chi connectivity index (χ0v) is 14.1. The van der Waals surface area contributed by atoms with Crippen molar-refractivity contribution in [3.8, 4) is 0 Å². The number of pyridine rings is 1. The third-order valence-electron chi connectivity index (χ3n) is 4.12. The molecule has 1 aliphatic rings. The number of carbonyl (C=O) groups is 2. The van der Waals surface area contributed by atoms with Gasteiger partial charge < -0.3 is 19.5 Å². The van der Waals surface area contributed by atoms with Crippen LogP contribution in [0.2, 0.25) is 0 Å². The first-order chi connectivity index (χ1) is 12.1. The number of carbonyl (C=O) groups excluding carboxylic acids is 2. The molecule has 7 nitrogen and oxygen atoms in total. The van der Waals surface area contributed by atoms with E-state index in [0.717, 1.165) is 18.7 Å². The summed E-state index contributed by atoms with van der Waals surface area (Å²) in [5, 5.41) is 2.68. The molecule has 1 saturated heterocycles. The van der Waals surface area contributed by atoms with Crippen LogP contribution in [0.25, 0.3) is 6.08 Å². The molecule has 2 aromatic rings. The van der Waals surface area contributed by atoms with Crippen molar-refractivity contribution >= 4 is 17.9 Å². The Morgan fingerprint density at radius 2 is 2.08 bits per heavy atom. The average Bonchev–Trinajstić information content (AvgIpc) is 3.17. The number of furan rings is 1. The summed E-state index contributed by atoms with van der Waals surface area (Å²) in [6.07, 6.45) is 6.36. The van der Waals surface area contributed by atoms with Gasteiger partial charge in [-0.05, 0) is 29.8 Å². The number of piperazine rings is 1. The van der Waals surface area contributed by atoms with Gasteiger partial charge in [-0.2, -0.15) is 0 Å². The number of quaternary nitrogens is 1. The van der Waals surface area contributed by atoms with Gasteiger partial charge in [0.1, 0.15) is 5.70 Å². The van der Waals surface area contributed by atoms with Gasteiger partial charge in [-0.3, -0.25) is 14.6 Å². The first kappa shape index (κ1) is 16.9. The fraction of sp³-hybridized carbons (Fsp3) is 0.278. The molecule has 1 fully saturated rings. The van der Waals surface area contributed by atoms with E-state index in [-0.39, 0.29) is 17.4 Å². The molecule has 3 heterocycles. The highest BCUT2D eigenvalue weighted by Gasteiger charge is 2.25. The van der Waals surface area contributed by atoms with Gasteiger partial charge in [0.05, 0.1) is 39.5 Å². The lowest BCUT2D eigenvalue weighted by Gasteiger charge is -2.30. The molecule has 1 aliphatic heterocycles. The minimum absolute atomic E-state index is 0.160. The minimum Gasteiger partial charge on any atom is -0.459 e. The molecule has 2 amide bonds. The van der Waals surface area contributed by atoms with Gasteiger partial charge in [-0.25, -0.2) is 0 Å². The molecule has 0 spiro atoms. The first-order valence-corrected chi connectivity index (χ1v) is 8.20. The maximum Gasteiger partial charge on any atom is 0.291 e. The Morgan fingerprint density at radius 1 is 1.28 bits per heavy atom. The van der Waals surface area contributed by atoms with Crippen LogP contribution < -0.4 is 10.2 Å². The summed E-state index contributed by atoms with van der Waals surface area (Å²) in [5.41, 5.74) is 0.958. The number of hydrogen-bond donors (Lipinski definition) is 2. The van der Waals surface area contributed by atoms with E-state index in [0.29, 0.717) is 13.1 Å². The number of aromatic nitrogens is 1. The lowest BCUT2D eigenvalue weighted by Crippen LogP contribution is -3.12. The highest BCUT2D eigenvalue weighted by atomic mass is 16.3. The molecule has 7 heteroatoms. The molecule has 0 unspecified atom stereocenters. The summed E-state index contributed by atoms with van der Waals surface area (Å²) in [6.45, 7) is 3.09. The summed E-state index contributed by atoms with van der Waals surface area (Å²) >= 11 is 0. The number of amides is 2. The van der Waals surface area contributed by atoms with Gasteiger partial charge in [-0.15, -0.1) is 0 Å². The van der Waals surface area contributed by atoms with Crippen LogP contribution in [0.3, 0.4) is 0 Å². The number of nitrogens with zero attached hydrogens (tertiary/aromatic N) is 2. The molecule has 0 aromatic carbocycles. The molecule has 3 rings (SSSR count). The van der Waals surface area contributed by atoms with E-state index in [2.05, 4.69) is 17.3 Å². The molecule has 0 saturated carbocycles. The summed E-state index contributed by atoms with van der Waals surface area (Å²) in [5.74, 6) is -0.489. The van der Waals surface area contributed by atoms with Gasteiger partial charge in [0.2, 0.25) is 0 Å². The van der Waals surface area contributed by atoms with Gasteiger partial charge in [0.15, 0.2) is 5.76 Å². The third-order valence-corrected chi connectivity index (χ3v) is 4.12. The van der Waals surface area contributed by atoms with Crippen LogP contribution in [-0.2, 0) is 4.79 Å². The van der Waals surface area contributed by atoms with E-state index >= 15 is 0 Å². The molecule has 0 radical (unpaired) electrons. The molecule has 0 atom stereocenters. The minimum atomic E-state index is -0.451. The lowest BCUT2D eigenvalue weighted by molar-refractivity contribution is -0.883. The monoisotopic (exact) mass is 341 g/mol. The van der Waals surface area contributed by atoms with Crippen LogP contribution in [0.15, 0.2) is 53.0 Å². The van der Waals surface area contributed by atoms with Crippen LogP contribution in [0.4, 0.5) is 0 Å². The standard InChI is InChI=1S/C18H20N4O3/c1-21-7-9-22(10-8-21)18(24)15(12-14-4-2-6-19-13-14)20-17(23)16-5-3-11-25-16/h2-6,11-13H,7-10H2,1H3,(H,20,23)/p+1/b15-12+. The maximum atomic E-state index is 12.9. The van der Waals surface area contributed by atoms with Crippen LogP contribution in [0.1, 0.15) is 16.1 Å². The van der Waals surface area contributed by atoms with E-state index in [1.807, 2.05) is 6.07 Å². The van der Waals surface area contributed by atoms with E-state index < -0.39 is 5.91 Å². The third kappa shape index (κ3) is 4.33. The Hall–Kier alpha value is -2.93. The van der Waals surface area contributed by atoms with Crippen LogP contribution >= 0.6 is 0 Å². The van der Waals surface area contributed by atoms with Crippen molar-refractivity contribution in [2.45, 2.75) is 0 Å². The van der Waals surface area contributed by atoms with Crippen molar-refractivity contribution in [3.63, 3.8) is 0 Å². The molecule has 130 valence electrons. The van der Waals surface area contributed by atoms with Gasteiger partial charge in [0, 0.05) is 12.4 Å². The fourth-order valence-corrected chi connectivity index (χ4v) is 2.63. The predicted molar refractivity (Wildman–Crippen MR) is 91.6 cm³/mol. The zero-order chi connectivity index (χ0) is 17.6. The van der Waals surface area contributed by atoms with Crippen molar-refractivity contribution in [1.29, 1.82) is 0 Å². The summed E-state index contributed by atoms with van der Waals surface area (Å²) < 4.78 is 5.11. The Bertz CT molecular complexity index is 748. The molecule has 2 N–H and O–H groups in total. The molecule has 2 aromatic heterocycles. The van der Waals surface area contributed by atoms with Crippen LogP contribution in [0.5, 0.6) is 0 Å². The van der Waals surface area contributed by atoms with Crippen molar-refractivity contribution in [3.05, 3.63) is 59.9 Å². The first-order valence-electron chi connectivity index (χ1n) is 8.20. The largest absolute Gasteiger partial charge is 0.459 e. The second-order valence-electron chi connectivity index (χ2n) is 6.03. The van der Waals surface area contributed by atoms with Crippen LogP contribution in [0, 0.1) is 0 Å². The smallest absolute Gasteiger partial charge is 0.291 e. The van der Waals surface area contributed by atoms with E-state index in [1.54, 1.807) is 41.6 Å². The lowest BCUT2D eigenvalue weighted by atomic mass is 10.2. The molecule has 0 aliphatic carbocycles. The Morgan fingerprint density at radius 3 is 2.72 bits per heavy atom. The number of rotatable bonds is 4. The fourth-order valence-electron chi connectivity index (χ4n) is 2.63. The molecule has 25 heavy (non-hydrogen) atoms. The quantitative estimate of drug-likeness (QED) is 0.755. The highest BCUT2D eigenvalue weighted by Crippen LogP contribution is 2.09. The second-order valence-corrected chi connectivity index (χ2v) is 6.03. The normalized spacial score (nSPS) is 15.9. The van der Waals surface area contributed by atoms with Crippen molar-refractivity contribution < 1.29 is 18.9 Å². The van der Waals surface area contributed by atoms with Crippen LogP contribution in [-0.4, -0.2) is 54.9 Å². The number of hydrogen-bond acceptors (Lipinski definition) is 4. The SMILES string of the molecule is C[NH+]1CCN(C(=O)/C(=C\c2cccnc2)NC(=O)c2ccco2)CC1. The zero-order valence-electron chi connectivity index (χ0n) is 14.1. The summed E-state index contributed by atoms with van der Waals surface area (Å²) in [4.78, 5) is 32.4. The number of likely N-dealkylation sites (N-methyl/N-ethyl adjacent to an activating group) is 1. The summed E-state index contributed by atoms with van der Waals surface area (Å²) in [7, 11) is 2.10. The highest BCUT2D eigenvalue weighted by molar-refractivity contribution is 6.04. The number of nitrogens with one attached hydrogen (secondary N) is 2. The maximum absolute atomic E-state index is 12.9. The van der Waals surface area contributed by atoms with Crippen molar-refractivity contribution in [1.82, 2.24) is 15.2 Å². The van der Waals surface area contributed by atoms with Gasteiger partial charge in [0.25, 0.3) is 11.8 Å². The Balaban J connectivity index is 1.82. The Kier molecular flexibility index (Phi) is 5.25.